The first-order valence-corrected chi connectivity index (χ1v) is 6.52. The van der Waals surface area contributed by atoms with Crippen molar-refractivity contribution in [2.45, 2.75) is 19.4 Å². The summed E-state index contributed by atoms with van der Waals surface area (Å²) in [6.45, 7) is 2.12. The highest BCUT2D eigenvalue weighted by atomic mass is 79.9. The van der Waals surface area contributed by atoms with Crippen molar-refractivity contribution in [2.75, 3.05) is 0 Å². The smallest absolute Gasteiger partial charge is 0.104 e. The molecule has 0 spiro atoms. The highest BCUT2D eigenvalue weighted by molar-refractivity contribution is 9.10. The van der Waals surface area contributed by atoms with Gasteiger partial charge in [0, 0.05) is 4.47 Å². The van der Waals surface area contributed by atoms with Gasteiger partial charge in [0.05, 0.1) is 0 Å². The molecule has 0 aromatic heterocycles. The van der Waals surface area contributed by atoms with Crippen molar-refractivity contribution in [1.29, 1.82) is 0 Å². The van der Waals surface area contributed by atoms with Crippen molar-refractivity contribution in [1.82, 2.24) is 0 Å². The van der Waals surface area contributed by atoms with Gasteiger partial charge in [-0.1, -0.05) is 59.3 Å². The van der Waals surface area contributed by atoms with Crippen LogP contribution < -0.4 is 0 Å². The molecular formula is C15H15BrO. The molecule has 17 heavy (non-hydrogen) atoms. The van der Waals surface area contributed by atoms with Crippen molar-refractivity contribution in [3.63, 3.8) is 0 Å². The minimum atomic E-state index is -0.557. The molecule has 88 valence electrons. The number of hydrogen-bond acceptors (Lipinski definition) is 1. The van der Waals surface area contributed by atoms with Gasteiger partial charge in [0.2, 0.25) is 0 Å². The SMILES string of the molecule is CCc1ccc([C@@H](O)c2cccc(Br)c2)cc1. The quantitative estimate of drug-likeness (QED) is 0.903. The summed E-state index contributed by atoms with van der Waals surface area (Å²) in [5.41, 5.74) is 3.12. The third-order valence-electron chi connectivity index (χ3n) is 2.87. The van der Waals surface area contributed by atoms with Gasteiger partial charge in [0.15, 0.2) is 0 Å². The molecule has 0 aliphatic heterocycles. The first-order chi connectivity index (χ1) is 8.20. The lowest BCUT2D eigenvalue weighted by atomic mass is 10.00. The molecule has 0 saturated carbocycles. The molecule has 2 aromatic rings. The summed E-state index contributed by atoms with van der Waals surface area (Å²) >= 11 is 3.41. The van der Waals surface area contributed by atoms with E-state index >= 15 is 0 Å². The van der Waals surface area contributed by atoms with E-state index in [1.807, 2.05) is 36.4 Å². The molecule has 0 amide bonds. The lowest BCUT2D eigenvalue weighted by Crippen LogP contribution is -1.99. The maximum Gasteiger partial charge on any atom is 0.104 e. The fourth-order valence-corrected chi connectivity index (χ4v) is 2.22. The molecule has 0 aliphatic carbocycles. The molecule has 2 aromatic carbocycles. The Bertz CT molecular complexity index is 491. The van der Waals surface area contributed by atoms with Crippen LogP contribution in [0.4, 0.5) is 0 Å². The van der Waals surface area contributed by atoms with E-state index < -0.39 is 6.10 Å². The van der Waals surface area contributed by atoms with Gasteiger partial charge >= 0.3 is 0 Å². The molecular weight excluding hydrogens is 276 g/mol. The lowest BCUT2D eigenvalue weighted by Gasteiger charge is -2.12. The van der Waals surface area contributed by atoms with Crippen LogP contribution in [0, 0.1) is 0 Å². The van der Waals surface area contributed by atoms with Crippen LogP contribution in [0.25, 0.3) is 0 Å². The van der Waals surface area contributed by atoms with E-state index in [0.717, 1.165) is 22.0 Å². The molecule has 0 aliphatic rings. The van der Waals surface area contributed by atoms with Gasteiger partial charge in [-0.05, 0) is 35.2 Å². The standard InChI is InChI=1S/C15H15BrO/c1-2-11-6-8-12(9-7-11)15(17)13-4-3-5-14(16)10-13/h3-10,15,17H,2H2,1H3/t15-/m1/s1. The van der Waals surface area contributed by atoms with Crippen molar-refractivity contribution >= 4 is 15.9 Å². The topological polar surface area (TPSA) is 20.2 Å². The second kappa shape index (κ2) is 5.48. The second-order valence-corrected chi connectivity index (χ2v) is 4.97. The molecule has 0 fully saturated rings. The monoisotopic (exact) mass is 290 g/mol. The van der Waals surface area contributed by atoms with Crippen molar-refractivity contribution < 1.29 is 5.11 Å². The number of halogens is 1. The molecule has 0 bridgehead atoms. The van der Waals surface area contributed by atoms with Crippen LogP contribution in [0.2, 0.25) is 0 Å². The summed E-state index contributed by atoms with van der Waals surface area (Å²) in [4.78, 5) is 0. The summed E-state index contributed by atoms with van der Waals surface area (Å²) in [5.74, 6) is 0. The normalized spacial score (nSPS) is 12.4. The molecule has 0 unspecified atom stereocenters. The minimum absolute atomic E-state index is 0.557. The van der Waals surface area contributed by atoms with E-state index in [2.05, 4.69) is 35.0 Å². The van der Waals surface area contributed by atoms with Crippen molar-refractivity contribution in [3.05, 3.63) is 69.7 Å². The summed E-state index contributed by atoms with van der Waals surface area (Å²) in [5, 5.41) is 10.3. The Hall–Kier alpha value is -1.12. The summed E-state index contributed by atoms with van der Waals surface area (Å²) < 4.78 is 0.985. The number of aliphatic hydroxyl groups excluding tert-OH is 1. The molecule has 2 rings (SSSR count). The Morgan fingerprint density at radius 2 is 1.76 bits per heavy atom. The number of rotatable bonds is 3. The Labute approximate surface area is 110 Å². The van der Waals surface area contributed by atoms with Gasteiger partial charge in [0.25, 0.3) is 0 Å². The number of aliphatic hydroxyl groups is 1. The fourth-order valence-electron chi connectivity index (χ4n) is 1.80. The Balaban J connectivity index is 2.27. The predicted molar refractivity (Wildman–Crippen MR) is 74.0 cm³/mol. The van der Waals surface area contributed by atoms with E-state index in [4.69, 9.17) is 0 Å². The van der Waals surface area contributed by atoms with Gasteiger partial charge < -0.3 is 5.11 Å². The van der Waals surface area contributed by atoms with Crippen LogP contribution in [0.1, 0.15) is 29.7 Å². The van der Waals surface area contributed by atoms with Gasteiger partial charge in [-0.3, -0.25) is 0 Å². The summed E-state index contributed by atoms with van der Waals surface area (Å²) in [6.07, 6.45) is 0.464. The van der Waals surface area contributed by atoms with Crippen LogP contribution >= 0.6 is 15.9 Å². The van der Waals surface area contributed by atoms with E-state index in [1.165, 1.54) is 5.56 Å². The largest absolute Gasteiger partial charge is 0.384 e. The maximum atomic E-state index is 10.3. The maximum absolute atomic E-state index is 10.3. The van der Waals surface area contributed by atoms with E-state index in [9.17, 15) is 5.11 Å². The zero-order valence-electron chi connectivity index (χ0n) is 9.73. The van der Waals surface area contributed by atoms with E-state index in [1.54, 1.807) is 0 Å². The van der Waals surface area contributed by atoms with Crippen LogP contribution in [0.15, 0.2) is 53.0 Å². The zero-order valence-corrected chi connectivity index (χ0v) is 11.3. The van der Waals surface area contributed by atoms with Crippen LogP contribution in [0.3, 0.4) is 0 Å². The molecule has 0 heterocycles. The molecule has 2 heteroatoms. The average Bonchev–Trinajstić information content (AvgIpc) is 2.38. The van der Waals surface area contributed by atoms with Crippen molar-refractivity contribution in [2.24, 2.45) is 0 Å². The first-order valence-electron chi connectivity index (χ1n) is 5.73. The van der Waals surface area contributed by atoms with Crippen LogP contribution in [-0.2, 0) is 6.42 Å². The van der Waals surface area contributed by atoms with Crippen molar-refractivity contribution in [3.8, 4) is 0 Å². The first kappa shape index (κ1) is 12.3. The average molecular weight is 291 g/mol. The minimum Gasteiger partial charge on any atom is -0.384 e. The van der Waals surface area contributed by atoms with Gasteiger partial charge in [-0.25, -0.2) is 0 Å². The molecule has 0 saturated heterocycles. The Morgan fingerprint density at radius 3 is 2.35 bits per heavy atom. The zero-order chi connectivity index (χ0) is 12.3. The number of hydrogen-bond donors (Lipinski definition) is 1. The molecule has 1 nitrogen and oxygen atoms in total. The highest BCUT2D eigenvalue weighted by Gasteiger charge is 2.10. The number of benzene rings is 2. The fraction of sp³-hybridized carbons (Fsp3) is 0.200. The Kier molecular flexibility index (Phi) is 3.97. The van der Waals surface area contributed by atoms with E-state index in [-0.39, 0.29) is 0 Å². The molecule has 1 atom stereocenters. The van der Waals surface area contributed by atoms with E-state index in [0.29, 0.717) is 0 Å². The van der Waals surface area contributed by atoms with Gasteiger partial charge in [0.1, 0.15) is 6.10 Å². The second-order valence-electron chi connectivity index (χ2n) is 4.05. The number of aryl methyl sites for hydroxylation is 1. The van der Waals surface area contributed by atoms with Crippen LogP contribution in [0.5, 0.6) is 0 Å². The summed E-state index contributed by atoms with van der Waals surface area (Å²) in [6, 6.07) is 15.9. The Morgan fingerprint density at radius 1 is 1.06 bits per heavy atom. The third-order valence-corrected chi connectivity index (χ3v) is 3.36. The molecule has 0 radical (unpaired) electrons. The summed E-state index contributed by atoms with van der Waals surface area (Å²) in [7, 11) is 0. The van der Waals surface area contributed by atoms with Gasteiger partial charge in [-0.15, -0.1) is 0 Å². The highest BCUT2D eigenvalue weighted by Crippen LogP contribution is 2.24. The van der Waals surface area contributed by atoms with Gasteiger partial charge in [-0.2, -0.15) is 0 Å². The predicted octanol–water partition coefficient (Wildman–Crippen LogP) is 4.09. The van der Waals surface area contributed by atoms with Crippen LogP contribution in [-0.4, -0.2) is 5.11 Å². The lowest BCUT2D eigenvalue weighted by molar-refractivity contribution is 0.220. The molecule has 1 N–H and O–H groups in total. The third kappa shape index (κ3) is 2.96.